The molecule has 0 bridgehead atoms. The lowest BCUT2D eigenvalue weighted by Crippen LogP contribution is -2.54. The monoisotopic (exact) mass is 538 g/mol. The highest BCUT2D eigenvalue weighted by atomic mass is 16.5. The molecule has 0 N–H and O–H groups in total. The van der Waals surface area contributed by atoms with Crippen LogP contribution >= 0.6 is 0 Å². The lowest BCUT2D eigenvalue weighted by Gasteiger charge is -2.43. The van der Waals surface area contributed by atoms with Crippen LogP contribution in [0.2, 0.25) is 0 Å². The molecular formula is C31H50N6O2. The van der Waals surface area contributed by atoms with Gasteiger partial charge >= 0.3 is 0 Å². The van der Waals surface area contributed by atoms with Crippen LogP contribution < -0.4 is 9.80 Å². The normalized spacial score (nSPS) is 22.5. The average Bonchev–Trinajstić information content (AvgIpc) is 2.89. The van der Waals surface area contributed by atoms with E-state index in [1.807, 2.05) is 0 Å². The summed E-state index contributed by atoms with van der Waals surface area (Å²) in [5.41, 5.74) is 6.95. The number of rotatable bonds is 9. The Morgan fingerprint density at radius 1 is 0.821 bits per heavy atom. The Morgan fingerprint density at radius 3 is 1.95 bits per heavy atom. The third-order valence-electron chi connectivity index (χ3n) is 7.88. The van der Waals surface area contributed by atoms with Crippen molar-refractivity contribution in [1.82, 2.24) is 19.8 Å². The highest BCUT2D eigenvalue weighted by molar-refractivity contribution is 5.54. The molecule has 2 aliphatic heterocycles. The van der Waals surface area contributed by atoms with E-state index in [2.05, 4.69) is 107 Å². The summed E-state index contributed by atoms with van der Waals surface area (Å²) in [7, 11) is 6.38. The molecule has 0 saturated carbocycles. The summed E-state index contributed by atoms with van der Waals surface area (Å²) >= 11 is 0. The van der Waals surface area contributed by atoms with Gasteiger partial charge in [0.1, 0.15) is 6.23 Å². The summed E-state index contributed by atoms with van der Waals surface area (Å²) in [6.45, 7) is 18.7. The molecule has 2 aromatic heterocycles. The Balaban J connectivity index is 1.58. The molecule has 8 heteroatoms. The van der Waals surface area contributed by atoms with E-state index in [9.17, 15) is 0 Å². The Bertz CT molecular complexity index is 1090. The number of anilines is 2. The number of nitrogens with zero attached hydrogens (tertiary/aromatic N) is 6. The van der Waals surface area contributed by atoms with E-state index in [-0.39, 0.29) is 12.3 Å². The van der Waals surface area contributed by atoms with E-state index < -0.39 is 0 Å². The Labute approximate surface area is 236 Å². The molecule has 0 radical (unpaired) electrons. The standard InChI is InChI=1S/C31H50N6O2/c1-21(2)25-11-13-30(27(32-25)16-34(7)8)37-18-31(39-20-24(37)6)35(9)17-28-29(12-10-26(33-28)22(3)4)36-14-15-38-19-23(36)5/h10-13,21-24,31H,14-20H2,1-9H3/t23-,24?,31?/m0/s1. The molecular weight excluding hydrogens is 488 g/mol. The summed E-state index contributed by atoms with van der Waals surface area (Å²) in [5.74, 6) is 0.780. The topological polar surface area (TPSA) is 57.2 Å². The second-order valence-corrected chi connectivity index (χ2v) is 12.3. The van der Waals surface area contributed by atoms with E-state index >= 15 is 0 Å². The minimum atomic E-state index is -0.0438. The van der Waals surface area contributed by atoms with Crippen molar-refractivity contribution in [2.75, 3.05) is 63.9 Å². The molecule has 2 fully saturated rings. The van der Waals surface area contributed by atoms with Crippen molar-refractivity contribution in [1.29, 1.82) is 0 Å². The number of aromatic nitrogens is 2. The zero-order valence-electron chi connectivity index (χ0n) is 25.6. The first-order valence-corrected chi connectivity index (χ1v) is 14.6. The molecule has 3 atom stereocenters. The maximum atomic E-state index is 6.44. The molecule has 0 aromatic carbocycles. The molecule has 4 rings (SSSR count). The third kappa shape index (κ3) is 7.09. The highest BCUT2D eigenvalue weighted by Gasteiger charge is 2.32. The van der Waals surface area contributed by atoms with Crippen LogP contribution in [0.4, 0.5) is 11.4 Å². The summed E-state index contributed by atoms with van der Waals surface area (Å²) in [6.07, 6.45) is -0.0438. The summed E-state index contributed by atoms with van der Waals surface area (Å²) in [5, 5.41) is 0. The van der Waals surface area contributed by atoms with Crippen molar-refractivity contribution in [3.63, 3.8) is 0 Å². The van der Waals surface area contributed by atoms with Gasteiger partial charge < -0.3 is 24.2 Å². The van der Waals surface area contributed by atoms with Crippen molar-refractivity contribution in [2.24, 2.45) is 0 Å². The molecule has 39 heavy (non-hydrogen) atoms. The summed E-state index contributed by atoms with van der Waals surface area (Å²) in [4.78, 5) is 19.7. The van der Waals surface area contributed by atoms with Crippen LogP contribution in [0.25, 0.3) is 0 Å². The van der Waals surface area contributed by atoms with Crippen LogP contribution in [0, 0.1) is 0 Å². The lowest BCUT2D eigenvalue weighted by atomic mass is 10.1. The van der Waals surface area contributed by atoms with Gasteiger partial charge in [0.05, 0.1) is 49.1 Å². The van der Waals surface area contributed by atoms with Crippen LogP contribution in [0.1, 0.15) is 76.2 Å². The molecule has 216 valence electrons. The van der Waals surface area contributed by atoms with Crippen molar-refractivity contribution in [3.05, 3.63) is 47.0 Å². The molecule has 4 heterocycles. The van der Waals surface area contributed by atoms with Crippen LogP contribution in [0.5, 0.6) is 0 Å². The first kappa shape index (κ1) is 29.7. The number of ether oxygens (including phenoxy) is 2. The van der Waals surface area contributed by atoms with Crippen LogP contribution in [0.3, 0.4) is 0 Å². The zero-order valence-corrected chi connectivity index (χ0v) is 25.6. The van der Waals surface area contributed by atoms with Crippen molar-refractivity contribution in [2.45, 2.75) is 84.8 Å². The number of hydrogen-bond donors (Lipinski definition) is 0. The van der Waals surface area contributed by atoms with E-state index in [1.54, 1.807) is 0 Å². The maximum absolute atomic E-state index is 6.44. The molecule has 0 amide bonds. The van der Waals surface area contributed by atoms with Crippen molar-refractivity contribution >= 4 is 11.4 Å². The average molecular weight is 539 g/mol. The number of pyridine rings is 2. The van der Waals surface area contributed by atoms with Gasteiger partial charge in [-0.3, -0.25) is 14.9 Å². The Kier molecular flexibility index (Phi) is 9.86. The molecule has 2 aromatic rings. The van der Waals surface area contributed by atoms with Gasteiger partial charge in [0.15, 0.2) is 0 Å². The van der Waals surface area contributed by atoms with Gasteiger partial charge in [-0.1, -0.05) is 27.7 Å². The summed E-state index contributed by atoms with van der Waals surface area (Å²) in [6, 6.07) is 9.51. The number of likely N-dealkylation sites (N-methyl/N-ethyl adjacent to an activating group) is 1. The lowest BCUT2D eigenvalue weighted by molar-refractivity contribution is -0.0703. The quantitative estimate of drug-likeness (QED) is 0.456. The minimum absolute atomic E-state index is 0.0438. The van der Waals surface area contributed by atoms with Gasteiger partial charge in [-0.05, 0) is 71.1 Å². The van der Waals surface area contributed by atoms with E-state index in [0.717, 1.165) is 62.2 Å². The first-order valence-electron chi connectivity index (χ1n) is 14.6. The minimum Gasteiger partial charge on any atom is -0.377 e. The Hall–Kier alpha value is -2.26. The molecule has 2 aliphatic rings. The highest BCUT2D eigenvalue weighted by Crippen LogP contribution is 2.30. The van der Waals surface area contributed by atoms with Crippen molar-refractivity contribution in [3.8, 4) is 0 Å². The predicted molar refractivity (Wildman–Crippen MR) is 160 cm³/mol. The van der Waals surface area contributed by atoms with Gasteiger partial charge in [-0.25, -0.2) is 0 Å². The largest absolute Gasteiger partial charge is 0.377 e. The molecule has 0 spiro atoms. The van der Waals surface area contributed by atoms with Gasteiger partial charge in [-0.2, -0.15) is 0 Å². The first-order chi connectivity index (χ1) is 18.5. The van der Waals surface area contributed by atoms with E-state index in [4.69, 9.17) is 19.4 Å². The molecule has 2 unspecified atom stereocenters. The van der Waals surface area contributed by atoms with E-state index in [0.29, 0.717) is 24.5 Å². The SMILES string of the molecule is CC(C)c1ccc(N2CC(N(C)Cc3nc(C(C)C)ccc3N3CCOC[C@@H]3C)OCC2C)c(CN(C)C)n1. The van der Waals surface area contributed by atoms with Gasteiger partial charge in [-0.15, -0.1) is 0 Å². The van der Waals surface area contributed by atoms with Crippen LogP contribution in [-0.2, 0) is 22.6 Å². The zero-order chi connectivity index (χ0) is 28.3. The van der Waals surface area contributed by atoms with Gasteiger partial charge in [0, 0.05) is 43.1 Å². The second-order valence-electron chi connectivity index (χ2n) is 12.3. The fourth-order valence-electron chi connectivity index (χ4n) is 5.49. The molecule has 8 nitrogen and oxygen atoms in total. The fraction of sp³-hybridized carbons (Fsp3) is 0.677. The fourth-order valence-corrected chi connectivity index (χ4v) is 5.49. The van der Waals surface area contributed by atoms with Gasteiger partial charge in [0.25, 0.3) is 0 Å². The second kappa shape index (κ2) is 12.9. The number of morpholine rings is 2. The maximum Gasteiger partial charge on any atom is 0.128 e. The molecule has 2 saturated heterocycles. The van der Waals surface area contributed by atoms with E-state index in [1.165, 1.54) is 11.4 Å². The predicted octanol–water partition coefficient (Wildman–Crippen LogP) is 4.69. The Morgan fingerprint density at radius 2 is 1.38 bits per heavy atom. The third-order valence-corrected chi connectivity index (χ3v) is 7.88. The molecule has 0 aliphatic carbocycles. The van der Waals surface area contributed by atoms with Crippen LogP contribution in [0.15, 0.2) is 24.3 Å². The van der Waals surface area contributed by atoms with Crippen molar-refractivity contribution < 1.29 is 9.47 Å². The van der Waals surface area contributed by atoms with Gasteiger partial charge in [0.2, 0.25) is 0 Å². The summed E-state index contributed by atoms with van der Waals surface area (Å²) < 4.78 is 12.2. The van der Waals surface area contributed by atoms with Crippen LogP contribution in [-0.4, -0.2) is 92.1 Å². The number of hydrogen-bond acceptors (Lipinski definition) is 8. The smallest absolute Gasteiger partial charge is 0.128 e.